The van der Waals surface area contributed by atoms with Crippen molar-refractivity contribution in [3.8, 4) is 0 Å². The molecule has 0 radical (unpaired) electrons. The molecule has 0 atom stereocenters. The molecule has 0 fully saturated rings. The van der Waals surface area contributed by atoms with Crippen molar-refractivity contribution in [3.63, 3.8) is 0 Å². The summed E-state index contributed by atoms with van der Waals surface area (Å²) in [4.78, 5) is 0. The molecule has 0 amide bonds. The minimum absolute atomic E-state index is 0.0492. The predicted molar refractivity (Wildman–Crippen MR) is 68.9 cm³/mol. The normalized spacial score (nSPS) is 16.7. The highest BCUT2D eigenvalue weighted by molar-refractivity contribution is 6.08. The third-order valence-electron chi connectivity index (χ3n) is 2.78. The number of rotatable bonds is 2. The molecule has 0 unspecified atom stereocenters. The van der Waals surface area contributed by atoms with Crippen molar-refractivity contribution >= 4 is 17.5 Å². The average Bonchev–Trinajstić information content (AvgIpc) is 2.78. The van der Waals surface area contributed by atoms with Gasteiger partial charge in [-0.15, -0.1) is 5.10 Å². The number of nitrogens with zero attached hydrogens (tertiary/aromatic N) is 2. The zero-order chi connectivity index (χ0) is 13.1. The molecule has 7 nitrogen and oxygen atoms in total. The molecule has 1 aliphatic rings. The maximum Gasteiger partial charge on any atom is 0.237 e. The van der Waals surface area contributed by atoms with Crippen molar-refractivity contribution in [2.75, 3.05) is 0 Å². The summed E-state index contributed by atoms with van der Waals surface area (Å²) in [5.41, 5.74) is 16.0. The van der Waals surface area contributed by atoms with E-state index in [9.17, 15) is 0 Å². The topological polar surface area (TPSA) is 133 Å². The van der Waals surface area contributed by atoms with Crippen LogP contribution in [-0.2, 0) is 6.42 Å². The van der Waals surface area contributed by atoms with Gasteiger partial charge in [-0.25, -0.2) is 5.48 Å². The highest BCUT2D eigenvalue weighted by atomic mass is 16.5. The maximum atomic E-state index is 8.50. The first-order valence-electron chi connectivity index (χ1n) is 5.40. The van der Waals surface area contributed by atoms with E-state index in [0.29, 0.717) is 6.42 Å². The number of fused-ring (bicyclic) bond motifs is 1. The molecule has 0 aromatic heterocycles. The molecule has 18 heavy (non-hydrogen) atoms. The lowest BCUT2D eigenvalue weighted by Gasteiger charge is -2.05. The molecule has 0 saturated carbocycles. The largest absolute Gasteiger partial charge is 0.384 e. The zero-order valence-corrected chi connectivity index (χ0v) is 9.64. The molecule has 0 heterocycles. The van der Waals surface area contributed by atoms with Gasteiger partial charge in [0.1, 0.15) is 5.84 Å². The summed E-state index contributed by atoms with van der Waals surface area (Å²) in [5.74, 6) is -0.119. The van der Waals surface area contributed by atoms with Crippen molar-refractivity contribution in [2.24, 2.45) is 21.7 Å². The van der Waals surface area contributed by atoms with E-state index in [1.54, 1.807) is 5.48 Å². The maximum absolute atomic E-state index is 8.50. The van der Waals surface area contributed by atoms with Crippen LogP contribution in [0.2, 0.25) is 0 Å². The molecule has 94 valence electrons. The van der Waals surface area contributed by atoms with Crippen LogP contribution in [0.3, 0.4) is 0 Å². The summed E-state index contributed by atoms with van der Waals surface area (Å²) in [5, 5.41) is 23.6. The fourth-order valence-corrected chi connectivity index (χ4v) is 2.00. The number of hydrogen-bond acceptors (Lipinski definition) is 4. The summed E-state index contributed by atoms with van der Waals surface area (Å²) < 4.78 is 0. The summed E-state index contributed by atoms with van der Waals surface area (Å²) in [6.07, 6.45) is 1.48. The number of hydroxylamine groups is 1. The average molecular weight is 246 g/mol. The van der Waals surface area contributed by atoms with Gasteiger partial charge in [-0.2, -0.15) is 5.10 Å². The molecular weight excluding hydrogens is 232 g/mol. The lowest BCUT2D eigenvalue weighted by molar-refractivity contribution is 0.232. The molecular formula is C11H14N6O. The molecule has 2 rings (SSSR count). The van der Waals surface area contributed by atoms with Crippen LogP contribution in [0, 0.1) is 5.41 Å². The standard InChI is InChI=1S/C11H14N6O/c12-10(13)8-3-1-2-7-6(8)4-5-9(7)15-16-11(14)17-18/h1-3,18H,4-5H2,(H3,12,13)(H3,14,16,17). The van der Waals surface area contributed by atoms with Crippen molar-refractivity contribution in [1.82, 2.24) is 5.48 Å². The van der Waals surface area contributed by atoms with Gasteiger partial charge in [0.2, 0.25) is 5.96 Å². The van der Waals surface area contributed by atoms with E-state index in [1.807, 2.05) is 18.2 Å². The summed E-state index contributed by atoms with van der Waals surface area (Å²) in [6.45, 7) is 0. The van der Waals surface area contributed by atoms with Gasteiger partial charge in [-0.05, 0) is 18.4 Å². The molecule has 0 aliphatic heterocycles. The Hall–Kier alpha value is -2.41. The molecule has 1 aromatic rings. The SMILES string of the molecule is N=C(N)c1cccc2c1CCC2=NN=C(N)NO. The highest BCUT2D eigenvalue weighted by Gasteiger charge is 2.21. The van der Waals surface area contributed by atoms with Crippen LogP contribution in [0.1, 0.15) is 23.1 Å². The molecule has 1 aliphatic carbocycles. The first-order chi connectivity index (χ1) is 8.63. The van der Waals surface area contributed by atoms with Gasteiger partial charge in [-0.1, -0.05) is 18.2 Å². The van der Waals surface area contributed by atoms with E-state index in [-0.39, 0.29) is 11.8 Å². The second-order valence-electron chi connectivity index (χ2n) is 3.89. The van der Waals surface area contributed by atoms with Crippen LogP contribution >= 0.6 is 0 Å². The van der Waals surface area contributed by atoms with Crippen LogP contribution in [-0.4, -0.2) is 22.7 Å². The van der Waals surface area contributed by atoms with Crippen molar-refractivity contribution in [2.45, 2.75) is 12.8 Å². The Bertz CT molecular complexity index is 548. The number of nitrogens with one attached hydrogen (secondary N) is 2. The van der Waals surface area contributed by atoms with Crippen molar-refractivity contribution in [1.29, 1.82) is 5.41 Å². The van der Waals surface area contributed by atoms with Gasteiger partial charge in [0, 0.05) is 11.1 Å². The van der Waals surface area contributed by atoms with E-state index >= 15 is 0 Å². The second kappa shape index (κ2) is 4.84. The predicted octanol–water partition coefficient (Wildman–Crippen LogP) is -0.0855. The summed E-state index contributed by atoms with van der Waals surface area (Å²) in [6, 6.07) is 5.55. The second-order valence-corrected chi connectivity index (χ2v) is 3.89. The molecule has 7 N–H and O–H groups in total. The van der Waals surface area contributed by atoms with E-state index in [1.165, 1.54) is 0 Å². The molecule has 0 spiro atoms. The van der Waals surface area contributed by atoms with Gasteiger partial charge in [-0.3, -0.25) is 10.6 Å². The van der Waals surface area contributed by atoms with Crippen LogP contribution in [0.4, 0.5) is 0 Å². The molecule has 0 bridgehead atoms. The first-order valence-corrected chi connectivity index (χ1v) is 5.40. The third kappa shape index (κ3) is 2.16. The zero-order valence-electron chi connectivity index (χ0n) is 9.64. The highest BCUT2D eigenvalue weighted by Crippen LogP contribution is 2.25. The number of nitrogens with two attached hydrogens (primary N) is 2. The van der Waals surface area contributed by atoms with Crippen LogP contribution in [0.25, 0.3) is 0 Å². The van der Waals surface area contributed by atoms with Crippen molar-refractivity contribution in [3.05, 3.63) is 34.9 Å². The number of amidine groups is 1. The van der Waals surface area contributed by atoms with Gasteiger partial charge < -0.3 is 11.5 Å². The lowest BCUT2D eigenvalue weighted by Crippen LogP contribution is -2.27. The Morgan fingerprint density at radius 1 is 1.33 bits per heavy atom. The van der Waals surface area contributed by atoms with E-state index in [0.717, 1.165) is 28.8 Å². The van der Waals surface area contributed by atoms with E-state index < -0.39 is 0 Å². The Labute approximate surface area is 104 Å². The Morgan fingerprint density at radius 3 is 2.78 bits per heavy atom. The Kier molecular flexibility index (Phi) is 3.24. The van der Waals surface area contributed by atoms with Gasteiger partial charge in [0.05, 0.1) is 5.71 Å². The fourth-order valence-electron chi connectivity index (χ4n) is 2.00. The van der Waals surface area contributed by atoms with Crippen LogP contribution < -0.4 is 16.9 Å². The fraction of sp³-hybridized carbons (Fsp3) is 0.182. The van der Waals surface area contributed by atoms with Gasteiger partial charge >= 0.3 is 0 Å². The Morgan fingerprint density at radius 2 is 2.11 bits per heavy atom. The van der Waals surface area contributed by atoms with Crippen LogP contribution in [0.15, 0.2) is 28.4 Å². The number of guanidine groups is 1. The molecule has 7 heteroatoms. The molecule has 0 saturated heterocycles. The first kappa shape index (κ1) is 12.1. The van der Waals surface area contributed by atoms with Crippen LogP contribution in [0.5, 0.6) is 0 Å². The smallest absolute Gasteiger partial charge is 0.237 e. The third-order valence-corrected chi connectivity index (χ3v) is 2.78. The minimum Gasteiger partial charge on any atom is -0.384 e. The summed E-state index contributed by atoms with van der Waals surface area (Å²) >= 11 is 0. The van der Waals surface area contributed by atoms with Gasteiger partial charge in [0.25, 0.3) is 0 Å². The number of benzene rings is 1. The van der Waals surface area contributed by atoms with E-state index in [4.69, 9.17) is 22.1 Å². The number of nitrogen functional groups attached to an aromatic ring is 1. The Balaban J connectivity index is 2.40. The van der Waals surface area contributed by atoms with Crippen molar-refractivity contribution < 1.29 is 5.21 Å². The minimum atomic E-state index is -0.168. The number of hydrogen-bond donors (Lipinski definition) is 5. The summed E-state index contributed by atoms with van der Waals surface area (Å²) in [7, 11) is 0. The quantitative estimate of drug-likeness (QED) is 0.283. The van der Waals surface area contributed by atoms with Gasteiger partial charge in [0.15, 0.2) is 0 Å². The lowest BCUT2D eigenvalue weighted by atomic mass is 10.0. The van der Waals surface area contributed by atoms with E-state index in [2.05, 4.69) is 10.2 Å². The molecule has 1 aromatic carbocycles. The monoisotopic (exact) mass is 246 g/mol.